The number of unbranched alkanes of at least 4 members (excludes halogenated alkanes) is 1. The molecule has 0 aromatic heterocycles. The summed E-state index contributed by atoms with van der Waals surface area (Å²) in [6, 6.07) is 0. The van der Waals surface area contributed by atoms with Crippen LogP contribution in [-0.4, -0.2) is 26.9 Å². The number of ether oxygens (including phenoxy) is 1. The van der Waals surface area contributed by atoms with E-state index in [0.29, 0.717) is 0 Å². The number of hydroxylamine groups is 1. The van der Waals surface area contributed by atoms with Gasteiger partial charge in [-0.1, -0.05) is 13.3 Å². The molecule has 0 rings (SSSR count). The van der Waals surface area contributed by atoms with Crippen LogP contribution >= 0.6 is 0 Å². The Labute approximate surface area is 62.7 Å². The fraction of sp³-hybridized carbons (Fsp3) is 1.00. The van der Waals surface area contributed by atoms with Crippen molar-refractivity contribution in [3.05, 3.63) is 0 Å². The Hall–Kier alpha value is -0.120. The van der Waals surface area contributed by atoms with Gasteiger partial charge in [0, 0.05) is 13.2 Å². The molecule has 0 unspecified atom stereocenters. The number of nitrogens with one attached hydrogen (secondary N) is 1. The Morgan fingerprint density at radius 2 is 2.10 bits per heavy atom. The Morgan fingerprint density at radius 1 is 1.30 bits per heavy atom. The van der Waals surface area contributed by atoms with E-state index in [1.165, 1.54) is 6.42 Å². The van der Waals surface area contributed by atoms with Gasteiger partial charge in [0.25, 0.3) is 0 Å². The Kier molecular flexibility index (Phi) is 8.77. The maximum absolute atomic E-state index is 5.23. The summed E-state index contributed by atoms with van der Waals surface area (Å²) in [5, 5.41) is 0. The molecule has 0 radical (unpaired) electrons. The average molecular weight is 147 g/mol. The van der Waals surface area contributed by atoms with Crippen LogP contribution in [0.25, 0.3) is 0 Å². The van der Waals surface area contributed by atoms with Crippen molar-refractivity contribution in [2.75, 3.05) is 26.9 Å². The Bertz CT molecular complexity index is 51.6. The third kappa shape index (κ3) is 7.88. The average Bonchev–Trinajstić information content (AvgIpc) is 1.97. The summed E-state index contributed by atoms with van der Waals surface area (Å²) in [6.45, 7) is 4.51. The van der Waals surface area contributed by atoms with Crippen LogP contribution in [0.3, 0.4) is 0 Å². The Balaban J connectivity index is 2.65. The Morgan fingerprint density at radius 3 is 2.70 bits per heavy atom. The molecule has 0 fully saturated rings. The molecule has 1 N–H and O–H groups in total. The normalized spacial score (nSPS) is 10.2. The lowest BCUT2D eigenvalue weighted by Crippen LogP contribution is -2.18. The van der Waals surface area contributed by atoms with Gasteiger partial charge in [-0.05, 0) is 6.42 Å². The first-order chi connectivity index (χ1) is 4.91. The molecule has 0 saturated carbocycles. The fourth-order valence-corrected chi connectivity index (χ4v) is 0.564. The first-order valence-corrected chi connectivity index (χ1v) is 3.75. The molecular formula is C7H17NO2. The van der Waals surface area contributed by atoms with E-state index in [9.17, 15) is 0 Å². The largest absolute Gasteiger partial charge is 0.380 e. The van der Waals surface area contributed by atoms with Gasteiger partial charge in [-0.25, -0.2) is 5.48 Å². The van der Waals surface area contributed by atoms with Gasteiger partial charge >= 0.3 is 0 Å². The molecule has 0 amide bonds. The van der Waals surface area contributed by atoms with Crippen LogP contribution in [0.1, 0.15) is 19.8 Å². The van der Waals surface area contributed by atoms with Crippen molar-refractivity contribution in [3.8, 4) is 0 Å². The van der Waals surface area contributed by atoms with E-state index in [4.69, 9.17) is 4.74 Å². The van der Waals surface area contributed by atoms with Crippen molar-refractivity contribution < 1.29 is 9.57 Å². The number of hydrogen-bond acceptors (Lipinski definition) is 3. The summed E-state index contributed by atoms with van der Waals surface area (Å²) in [5.41, 5.74) is 2.70. The monoisotopic (exact) mass is 147 g/mol. The highest BCUT2D eigenvalue weighted by molar-refractivity contribution is 4.34. The first kappa shape index (κ1) is 9.88. The van der Waals surface area contributed by atoms with Crippen LogP contribution in [0, 0.1) is 0 Å². The molecule has 0 aromatic rings. The highest BCUT2D eigenvalue weighted by atomic mass is 16.6. The van der Waals surface area contributed by atoms with Gasteiger partial charge in [-0.3, -0.25) is 0 Å². The van der Waals surface area contributed by atoms with E-state index < -0.39 is 0 Å². The molecule has 0 heterocycles. The summed E-state index contributed by atoms with van der Waals surface area (Å²) in [7, 11) is 1.60. The van der Waals surface area contributed by atoms with Crippen LogP contribution in [0.2, 0.25) is 0 Å². The van der Waals surface area contributed by atoms with Crippen molar-refractivity contribution in [2.24, 2.45) is 0 Å². The van der Waals surface area contributed by atoms with E-state index in [1.807, 2.05) is 0 Å². The summed E-state index contributed by atoms with van der Waals surface area (Å²) in [5.74, 6) is 0. The molecule has 0 spiro atoms. The zero-order chi connectivity index (χ0) is 7.66. The predicted molar refractivity (Wildman–Crippen MR) is 40.7 cm³/mol. The number of rotatable bonds is 7. The zero-order valence-corrected chi connectivity index (χ0v) is 6.85. The minimum atomic E-state index is 0.730. The van der Waals surface area contributed by atoms with Crippen molar-refractivity contribution >= 4 is 0 Å². The molecule has 62 valence electrons. The van der Waals surface area contributed by atoms with E-state index in [2.05, 4.69) is 17.2 Å². The SMILES string of the molecule is CCCCOCCNOC. The second-order valence-electron chi connectivity index (χ2n) is 2.06. The molecule has 0 atom stereocenters. The quantitative estimate of drug-likeness (QED) is 0.429. The molecule has 0 aliphatic carbocycles. The summed E-state index contributed by atoms with van der Waals surface area (Å²) >= 11 is 0. The van der Waals surface area contributed by atoms with Gasteiger partial charge < -0.3 is 9.57 Å². The van der Waals surface area contributed by atoms with E-state index >= 15 is 0 Å². The van der Waals surface area contributed by atoms with E-state index in [0.717, 1.165) is 26.2 Å². The van der Waals surface area contributed by atoms with Gasteiger partial charge in [0.2, 0.25) is 0 Å². The lowest BCUT2D eigenvalue weighted by Gasteiger charge is -2.02. The fourth-order valence-electron chi connectivity index (χ4n) is 0.564. The van der Waals surface area contributed by atoms with Crippen LogP contribution in [0.4, 0.5) is 0 Å². The maximum atomic E-state index is 5.23. The van der Waals surface area contributed by atoms with E-state index in [1.54, 1.807) is 7.11 Å². The van der Waals surface area contributed by atoms with Gasteiger partial charge in [-0.2, -0.15) is 0 Å². The third-order valence-electron chi connectivity index (χ3n) is 1.14. The third-order valence-corrected chi connectivity index (χ3v) is 1.14. The van der Waals surface area contributed by atoms with Gasteiger partial charge in [-0.15, -0.1) is 0 Å². The number of hydrogen-bond donors (Lipinski definition) is 1. The minimum Gasteiger partial charge on any atom is -0.380 e. The van der Waals surface area contributed by atoms with Crippen molar-refractivity contribution in [1.29, 1.82) is 0 Å². The highest BCUT2D eigenvalue weighted by Gasteiger charge is 1.85. The lowest BCUT2D eigenvalue weighted by molar-refractivity contribution is 0.0548. The van der Waals surface area contributed by atoms with E-state index in [-0.39, 0.29) is 0 Å². The van der Waals surface area contributed by atoms with Crippen molar-refractivity contribution in [1.82, 2.24) is 5.48 Å². The summed E-state index contributed by atoms with van der Waals surface area (Å²) in [4.78, 5) is 4.62. The second-order valence-corrected chi connectivity index (χ2v) is 2.06. The first-order valence-electron chi connectivity index (χ1n) is 3.75. The zero-order valence-electron chi connectivity index (χ0n) is 6.85. The van der Waals surface area contributed by atoms with Crippen LogP contribution in [-0.2, 0) is 9.57 Å². The molecular weight excluding hydrogens is 130 g/mol. The highest BCUT2D eigenvalue weighted by Crippen LogP contribution is 1.86. The summed E-state index contributed by atoms with van der Waals surface area (Å²) in [6.07, 6.45) is 2.34. The van der Waals surface area contributed by atoms with Gasteiger partial charge in [0.15, 0.2) is 0 Å². The van der Waals surface area contributed by atoms with Gasteiger partial charge in [0.05, 0.1) is 13.7 Å². The van der Waals surface area contributed by atoms with Crippen LogP contribution < -0.4 is 5.48 Å². The smallest absolute Gasteiger partial charge is 0.0614 e. The lowest BCUT2D eigenvalue weighted by atomic mass is 10.4. The summed E-state index contributed by atoms with van der Waals surface area (Å²) < 4.78 is 5.23. The maximum Gasteiger partial charge on any atom is 0.0614 e. The van der Waals surface area contributed by atoms with Crippen LogP contribution in [0.5, 0.6) is 0 Å². The van der Waals surface area contributed by atoms with Gasteiger partial charge in [0.1, 0.15) is 0 Å². The topological polar surface area (TPSA) is 30.5 Å². The predicted octanol–water partition coefficient (Wildman–Crippen LogP) is 0.954. The molecule has 0 aliphatic heterocycles. The minimum absolute atomic E-state index is 0.730. The molecule has 0 bridgehead atoms. The molecule has 0 aromatic carbocycles. The molecule has 3 heteroatoms. The molecule has 0 aliphatic rings. The van der Waals surface area contributed by atoms with Crippen molar-refractivity contribution in [3.63, 3.8) is 0 Å². The standard InChI is InChI=1S/C7H17NO2/c1-3-4-6-10-7-5-8-9-2/h8H,3-7H2,1-2H3. The molecule has 3 nitrogen and oxygen atoms in total. The molecule has 10 heavy (non-hydrogen) atoms. The van der Waals surface area contributed by atoms with Crippen LogP contribution in [0.15, 0.2) is 0 Å². The second kappa shape index (κ2) is 8.88. The molecule has 0 saturated heterocycles. The van der Waals surface area contributed by atoms with Crippen molar-refractivity contribution in [2.45, 2.75) is 19.8 Å².